The summed E-state index contributed by atoms with van der Waals surface area (Å²) < 4.78 is 34.7. The molecule has 190 valence electrons. The average Bonchev–Trinajstić information content (AvgIpc) is 2.75. The lowest BCUT2D eigenvalue weighted by Crippen LogP contribution is -2.45. The van der Waals surface area contributed by atoms with E-state index in [1.165, 1.54) is 12.0 Å². The van der Waals surface area contributed by atoms with Gasteiger partial charge in [0.2, 0.25) is 5.91 Å². The number of carbonyl (C=O) groups excluding carboxylic acids is 2. The fourth-order valence-electron chi connectivity index (χ4n) is 4.24. The molecule has 0 spiro atoms. The minimum Gasteiger partial charge on any atom is -0.497 e. The van der Waals surface area contributed by atoms with Gasteiger partial charge in [-0.15, -0.1) is 0 Å². The van der Waals surface area contributed by atoms with E-state index in [1.807, 2.05) is 0 Å². The Morgan fingerprint density at radius 1 is 1.11 bits per heavy atom. The normalized spacial score (nSPS) is 15.8. The van der Waals surface area contributed by atoms with Crippen molar-refractivity contribution in [3.05, 3.63) is 53.1 Å². The summed E-state index contributed by atoms with van der Waals surface area (Å²) in [6.45, 7) is 0.235. The lowest BCUT2D eigenvalue weighted by Gasteiger charge is -2.36. The monoisotopic (exact) mass is 508 g/mol. The molecule has 0 radical (unpaired) electrons. The standard InChI is InChI=1S/C25H30F2N2O5S/c1-34-17-8-9-18-15(12-17)10-11-29(21(30)6-5-7-22(31)32)23(18)25(33)28-16-13-19(26)24(20(27)14-16)35(2,3)4/h8-9,12-14,23H,5-7,10-11H2,1-4H3,(H,28,33)(H,31,32)/t23-/m1/s1. The Hall–Kier alpha value is -3.14. The molecule has 1 aliphatic rings. The first-order chi connectivity index (χ1) is 16.4. The van der Waals surface area contributed by atoms with Gasteiger partial charge in [-0.05, 0) is 67.0 Å². The zero-order valence-electron chi connectivity index (χ0n) is 20.2. The van der Waals surface area contributed by atoms with Gasteiger partial charge in [-0.2, -0.15) is 0 Å². The number of hydrogen-bond donors (Lipinski definition) is 2. The molecule has 0 bridgehead atoms. The highest BCUT2D eigenvalue weighted by atomic mass is 32.3. The molecule has 2 aromatic carbocycles. The number of carboxylic acid groups (broad SMARTS) is 1. The fourth-order valence-corrected chi connectivity index (χ4v) is 5.53. The third kappa shape index (κ3) is 6.11. The van der Waals surface area contributed by atoms with Gasteiger partial charge < -0.3 is 20.1 Å². The van der Waals surface area contributed by atoms with E-state index >= 15 is 0 Å². The minimum absolute atomic E-state index is 0.000779. The molecule has 1 atom stereocenters. The van der Waals surface area contributed by atoms with E-state index in [0.717, 1.165) is 17.7 Å². The second-order valence-electron chi connectivity index (χ2n) is 9.15. The number of rotatable bonds is 8. The maximum atomic E-state index is 14.7. The fraction of sp³-hybridized carbons (Fsp3) is 0.400. The Morgan fingerprint density at radius 2 is 1.77 bits per heavy atom. The zero-order chi connectivity index (χ0) is 25.9. The highest BCUT2D eigenvalue weighted by molar-refractivity contribution is 8.32. The molecule has 7 nitrogen and oxygen atoms in total. The van der Waals surface area contributed by atoms with E-state index in [2.05, 4.69) is 5.32 Å². The topological polar surface area (TPSA) is 95.9 Å². The van der Waals surface area contributed by atoms with Crippen molar-refractivity contribution in [1.82, 2.24) is 4.90 Å². The number of benzene rings is 2. The molecule has 0 unspecified atom stereocenters. The van der Waals surface area contributed by atoms with Crippen LogP contribution in [-0.4, -0.2) is 60.2 Å². The largest absolute Gasteiger partial charge is 0.497 e. The van der Waals surface area contributed by atoms with Gasteiger partial charge in [-0.3, -0.25) is 14.4 Å². The van der Waals surface area contributed by atoms with Gasteiger partial charge in [-0.1, -0.05) is 6.07 Å². The third-order valence-corrected chi connectivity index (χ3v) is 7.42. The Balaban J connectivity index is 1.93. The minimum atomic E-state index is -1.68. The number of amides is 2. The van der Waals surface area contributed by atoms with E-state index < -0.39 is 39.6 Å². The molecule has 35 heavy (non-hydrogen) atoms. The molecule has 0 saturated carbocycles. The van der Waals surface area contributed by atoms with E-state index in [1.54, 1.807) is 37.0 Å². The maximum absolute atomic E-state index is 14.7. The van der Waals surface area contributed by atoms with Crippen LogP contribution in [0.5, 0.6) is 5.75 Å². The maximum Gasteiger partial charge on any atom is 0.303 e. The second kappa shape index (κ2) is 10.6. The third-order valence-electron chi connectivity index (χ3n) is 5.81. The zero-order valence-corrected chi connectivity index (χ0v) is 21.0. The molecule has 0 saturated heterocycles. The summed E-state index contributed by atoms with van der Waals surface area (Å²) in [6.07, 6.45) is 5.74. The number of carbonyl (C=O) groups is 3. The van der Waals surface area contributed by atoms with Crippen molar-refractivity contribution >= 4 is 33.5 Å². The van der Waals surface area contributed by atoms with Crippen LogP contribution in [-0.2, 0) is 20.8 Å². The van der Waals surface area contributed by atoms with Gasteiger partial charge in [0, 0.05) is 25.1 Å². The first kappa shape index (κ1) is 26.5. The van der Waals surface area contributed by atoms with Gasteiger partial charge in [0.1, 0.15) is 23.4 Å². The number of halogens is 2. The van der Waals surface area contributed by atoms with Crippen LogP contribution in [0, 0.1) is 11.6 Å². The van der Waals surface area contributed by atoms with E-state index in [0.29, 0.717) is 17.7 Å². The van der Waals surface area contributed by atoms with Crippen LogP contribution < -0.4 is 10.1 Å². The van der Waals surface area contributed by atoms with Gasteiger partial charge in [0.25, 0.3) is 5.91 Å². The number of aliphatic carboxylic acids is 1. The van der Waals surface area contributed by atoms with Crippen molar-refractivity contribution in [1.29, 1.82) is 0 Å². The quantitative estimate of drug-likeness (QED) is 0.553. The van der Waals surface area contributed by atoms with Crippen molar-refractivity contribution in [3.63, 3.8) is 0 Å². The molecule has 2 amide bonds. The van der Waals surface area contributed by atoms with Crippen molar-refractivity contribution in [2.24, 2.45) is 0 Å². The van der Waals surface area contributed by atoms with E-state index in [9.17, 15) is 23.2 Å². The molecule has 2 aromatic rings. The Morgan fingerprint density at radius 3 is 2.34 bits per heavy atom. The highest BCUT2D eigenvalue weighted by Crippen LogP contribution is 2.48. The summed E-state index contributed by atoms with van der Waals surface area (Å²) in [5.41, 5.74) is 1.36. The summed E-state index contributed by atoms with van der Waals surface area (Å²) in [7, 11) is -0.154. The first-order valence-electron chi connectivity index (χ1n) is 11.1. The summed E-state index contributed by atoms with van der Waals surface area (Å²) in [5.74, 6) is -2.85. The predicted octanol–water partition coefficient (Wildman–Crippen LogP) is 4.35. The Bertz CT molecular complexity index is 1130. The molecule has 2 N–H and O–H groups in total. The molecular formula is C25H30F2N2O5S. The van der Waals surface area contributed by atoms with Crippen molar-refractivity contribution in [2.75, 3.05) is 37.7 Å². The van der Waals surface area contributed by atoms with E-state index in [4.69, 9.17) is 9.84 Å². The van der Waals surface area contributed by atoms with Crippen LogP contribution in [0.4, 0.5) is 14.5 Å². The molecular weight excluding hydrogens is 478 g/mol. The average molecular weight is 509 g/mol. The smallest absolute Gasteiger partial charge is 0.303 e. The lowest BCUT2D eigenvalue weighted by molar-refractivity contribution is -0.140. The van der Waals surface area contributed by atoms with Crippen LogP contribution in [0.3, 0.4) is 0 Å². The summed E-state index contributed by atoms with van der Waals surface area (Å²) >= 11 is 0. The van der Waals surface area contributed by atoms with Gasteiger partial charge in [0.05, 0.1) is 12.0 Å². The van der Waals surface area contributed by atoms with Crippen LogP contribution in [0.1, 0.15) is 36.4 Å². The SMILES string of the molecule is COc1ccc2c(c1)CCN(C(=O)CCCC(=O)O)[C@H]2C(=O)Nc1cc(F)c(S(C)(C)C)c(F)c1. The molecule has 10 heteroatoms. The van der Waals surface area contributed by atoms with Gasteiger partial charge >= 0.3 is 5.97 Å². The van der Waals surface area contributed by atoms with Crippen molar-refractivity contribution in [3.8, 4) is 5.75 Å². The summed E-state index contributed by atoms with van der Waals surface area (Å²) in [4.78, 5) is 38.6. The molecule has 3 rings (SSSR count). The lowest BCUT2D eigenvalue weighted by atomic mass is 9.91. The van der Waals surface area contributed by atoms with Crippen LogP contribution in [0.15, 0.2) is 35.2 Å². The molecule has 0 aromatic heterocycles. The number of ether oxygens (including phenoxy) is 1. The van der Waals surface area contributed by atoms with Crippen LogP contribution in [0.2, 0.25) is 0 Å². The van der Waals surface area contributed by atoms with Crippen LogP contribution in [0.25, 0.3) is 0 Å². The number of methoxy groups -OCH3 is 1. The van der Waals surface area contributed by atoms with Gasteiger partial charge in [-0.25, -0.2) is 18.8 Å². The number of carboxylic acids is 1. The summed E-state index contributed by atoms with van der Waals surface area (Å²) in [5, 5.41) is 11.4. The Kier molecular flexibility index (Phi) is 8.04. The number of hydrogen-bond acceptors (Lipinski definition) is 4. The Labute approximate surface area is 204 Å². The molecule has 0 fully saturated rings. The number of anilines is 1. The van der Waals surface area contributed by atoms with Crippen molar-refractivity contribution in [2.45, 2.75) is 36.6 Å². The van der Waals surface area contributed by atoms with Crippen molar-refractivity contribution < 1.29 is 33.0 Å². The van der Waals surface area contributed by atoms with Gasteiger partial charge in [0.15, 0.2) is 0 Å². The highest BCUT2D eigenvalue weighted by Gasteiger charge is 2.36. The molecule has 0 aliphatic carbocycles. The first-order valence-corrected chi connectivity index (χ1v) is 13.9. The predicted molar refractivity (Wildman–Crippen MR) is 131 cm³/mol. The second-order valence-corrected chi connectivity index (χ2v) is 13.2. The van der Waals surface area contributed by atoms with E-state index in [-0.39, 0.29) is 42.3 Å². The van der Waals surface area contributed by atoms with Crippen LogP contribution >= 0.6 is 10.0 Å². The number of nitrogens with one attached hydrogen (secondary N) is 1. The molecule has 1 aliphatic heterocycles. The summed E-state index contributed by atoms with van der Waals surface area (Å²) in [6, 6.07) is 6.31. The molecule has 1 heterocycles. The number of nitrogens with zero attached hydrogens (tertiary/aromatic N) is 1. The number of fused-ring (bicyclic) bond motifs is 1.